The lowest BCUT2D eigenvalue weighted by molar-refractivity contribution is 0.0961. The highest BCUT2D eigenvalue weighted by Crippen LogP contribution is 2.14. The molecule has 0 amide bonds. The molecular weight excluding hydrogens is 204 g/mol. The molecule has 2 aromatic rings. The predicted molar refractivity (Wildman–Crippen MR) is 58.7 cm³/mol. The first-order valence-corrected chi connectivity index (χ1v) is 4.87. The summed E-state index contributed by atoms with van der Waals surface area (Å²) in [6.07, 6.45) is 6.46. The maximum absolute atomic E-state index is 12.0. The highest BCUT2D eigenvalue weighted by molar-refractivity contribution is 6.00. The topological polar surface area (TPSA) is 73.8 Å². The third-order valence-corrected chi connectivity index (χ3v) is 2.31. The van der Waals surface area contributed by atoms with Crippen LogP contribution in [0.4, 0.5) is 0 Å². The fraction of sp³-hybridized carbons (Fsp3) is 0.182. The number of ketones is 1. The largest absolute Gasteiger partial charge is 0.317 e. The first-order valence-electron chi connectivity index (χ1n) is 4.87. The average Bonchev–Trinajstić information content (AvgIpc) is 2.75. The van der Waals surface area contributed by atoms with Crippen molar-refractivity contribution in [3.05, 3.63) is 48.0 Å². The number of nitrogens with two attached hydrogens (primary N) is 1. The third-order valence-electron chi connectivity index (χ3n) is 2.31. The van der Waals surface area contributed by atoms with Gasteiger partial charge in [-0.15, -0.1) is 0 Å². The Morgan fingerprint density at radius 1 is 1.50 bits per heavy atom. The minimum Gasteiger partial charge on any atom is -0.317 e. The zero-order valence-electron chi connectivity index (χ0n) is 8.87. The van der Waals surface area contributed by atoms with E-state index in [9.17, 15) is 4.79 Å². The Balaban J connectivity index is 2.23. The number of pyridine rings is 1. The minimum absolute atomic E-state index is 0.152. The Morgan fingerprint density at radius 2 is 2.31 bits per heavy atom. The van der Waals surface area contributed by atoms with E-state index in [0.29, 0.717) is 11.1 Å². The molecule has 16 heavy (non-hydrogen) atoms. The van der Waals surface area contributed by atoms with Gasteiger partial charge in [-0.3, -0.25) is 14.5 Å². The van der Waals surface area contributed by atoms with Crippen LogP contribution in [0.2, 0.25) is 0 Å². The van der Waals surface area contributed by atoms with E-state index >= 15 is 0 Å². The van der Waals surface area contributed by atoms with Gasteiger partial charge in [0.25, 0.3) is 0 Å². The van der Waals surface area contributed by atoms with Crippen LogP contribution in [0, 0.1) is 0 Å². The number of rotatable bonds is 3. The smallest absolute Gasteiger partial charge is 0.185 e. The number of carbonyl (C=O) groups is 1. The van der Waals surface area contributed by atoms with Gasteiger partial charge in [0.1, 0.15) is 0 Å². The molecule has 0 fully saturated rings. The molecule has 2 heterocycles. The second-order valence-electron chi connectivity index (χ2n) is 3.53. The maximum Gasteiger partial charge on any atom is 0.185 e. The fourth-order valence-electron chi connectivity index (χ4n) is 1.44. The fourth-order valence-corrected chi connectivity index (χ4v) is 1.44. The van der Waals surface area contributed by atoms with Crippen molar-refractivity contribution in [3.8, 4) is 0 Å². The lowest BCUT2D eigenvalue weighted by Gasteiger charge is -2.07. The number of aryl methyl sites for hydroxylation is 1. The molecule has 2 rings (SSSR count). The van der Waals surface area contributed by atoms with Crippen LogP contribution >= 0.6 is 0 Å². The van der Waals surface area contributed by atoms with Crippen molar-refractivity contribution < 1.29 is 4.79 Å². The Morgan fingerprint density at radius 3 is 2.88 bits per heavy atom. The number of aromatic nitrogens is 3. The van der Waals surface area contributed by atoms with Gasteiger partial charge in [-0.1, -0.05) is 0 Å². The van der Waals surface area contributed by atoms with Crippen molar-refractivity contribution >= 4 is 5.78 Å². The summed E-state index contributed by atoms with van der Waals surface area (Å²) < 4.78 is 1.62. The van der Waals surface area contributed by atoms with Crippen molar-refractivity contribution in [2.75, 3.05) is 0 Å². The lowest BCUT2D eigenvalue weighted by atomic mass is 10.0. The monoisotopic (exact) mass is 216 g/mol. The van der Waals surface area contributed by atoms with Gasteiger partial charge in [-0.05, 0) is 12.1 Å². The number of nitrogens with zero attached hydrogens (tertiary/aromatic N) is 3. The molecule has 0 saturated carbocycles. The number of carbonyl (C=O) groups excluding carboxylic acids is 1. The van der Waals surface area contributed by atoms with Gasteiger partial charge in [0.05, 0.1) is 12.2 Å². The summed E-state index contributed by atoms with van der Waals surface area (Å²) >= 11 is 0. The van der Waals surface area contributed by atoms with Crippen LogP contribution in [0.15, 0.2) is 36.9 Å². The molecule has 0 aliphatic heterocycles. The lowest BCUT2D eigenvalue weighted by Crippen LogP contribution is -2.21. The van der Waals surface area contributed by atoms with E-state index in [1.54, 1.807) is 42.5 Å². The van der Waals surface area contributed by atoms with Gasteiger partial charge in [0.2, 0.25) is 0 Å². The molecule has 5 heteroatoms. The standard InChI is InChI=1S/C11H12N4O/c1-15-7-9(6-14-15)10(12)11(16)8-3-2-4-13-5-8/h2-7,10H,12H2,1H3. The first kappa shape index (κ1) is 10.5. The highest BCUT2D eigenvalue weighted by atomic mass is 16.1. The summed E-state index contributed by atoms with van der Waals surface area (Å²) in [5, 5.41) is 3.98. The maximum atomic E-state index is 12.0. The van der Waals surface area contributed by atoms with Crippen molar-refractivity contribution in [3.63, 3.8) is 0 Å². The van der Waals surface area contributed by atoms with E-state index in [-0.39, 0.29) is 5.78 Å². The number of hydrogen-bond acceptors (Lipinski definition) is 4. The van der Waals surface area contributed by atoms with Crippen LogP contribution < -0.4 is 5.73 Å². The molecule has 82 valence electrons. The molecule has 2 N–H and O–H groups in total. The van der Waals surface area contributed by atoms with Crippen LogP contribution in [0.3, 0.4) is 0 Å². The summed E-state index contributed by atoms with van der Waals surface area (Å²) in [5.74, 6) is -0.152. The van der Waals surface area contributed by atoms with Crippen LogP contribution in [-0.4, -0.2) is 20.5 Å². The highest BCUT2D eigenvalue weighted by Gasteiger charge is 2.18. The van der Waals surface area contributed by atoms with E-state index in [1.165, 1.54) is 6.20 Å². The molecule has 1 unspecified atom stereocenters. The molecule has 0 aromatic carbocycles. The summed E-state index contributed by atoms with van der Waals surface area (Å²) in [4.78, 5) is 15.8. The second-order valence-corrected chi connectivity index (χ2v) is 3.53. The Kier molecular flexibility index (Phi) is 2.78. The van der Waals surface area contributed by atoms with Crippen LogP contribution in [0.1, 0.15) is 22.0 Å². The van der Waals surface area contributed by atoms with Crippen LogP contribution in [0.25, 0.3) is 0 Å². The summed E-state index contributed by atoms with van der Waals surface area (Å²) in [5.41, 5.74) is 7.07. The first-order chi connectivity index (χ1) is 7.68. The Hall–Kier alpha value is -2.01. The van der Waals surface area contributed by atoms with Gasteiger partial charge in [0.15, 0.2) is 5.78 Å². The second kappa shape index (κ2) is 4.24. The van der Waals surface area contributed by atoms with Gasteiger partial charge >= 0.3 is 0 Å². The van der Waals surface area contributed by atoms with Crippen molar-refractivity contribution in [1.82, 2.24) is 14.8 Å². The van der Waals surface area contributed by atoms with E-state index in [4.69, 9.17) is 5.73 Å². The normalized spacial score (nSPS) is 12.4. The third kappa shape index (κ3) is 1.99. The van der Waals surface area contributed by atoms with Crippen molar-refractivity contribution in [1.29, 1.82) is 0 Å². The molecule has 5 nitrogen and oxygen atoms in total. The van der Waals surface area contributed by atoms with Gasteiger partial charge in [0, 0.05) is 36.8 Å². The van der Waals surface area contributed by atoms with E-state index in [1.807, 2.05) is 0 Å². The Bertz CT molecular complexity index is 492. The molecule has 0 bridgehead atoms. The molecule has 0 aliphatic rings. The van der Waals surface area contributed by atoms with E-state index in [0.717, 1.165) is 0 Å². The predicted octanol–water partition coefficient (Wildman–Crippen LogP) is 0.698. The summed E-state index contributed by atoms with van der Waals surface area (Å²) in [6, 6.07) is 2.73. The van der Waals surface area contributed by atoms with Gasteiger partial charge in [-0.25, -0.2) is 0 Å². The molecule has 2 aromatic heterocycles. The van der Waals surface area contributed by atoms with E-state index < -0.39 is 6.04 Å². The number of Topliss-reactive ketones (excluding diaryl/α,β-unsaturated/α-hetero) is 1. The summed E-state index contributed by atoms with van der Waals surface area (Å²) in [6.45, 7) is 0. The molecule has 0 radical (unpaired) electrons. The average molecular weight is 216 g/mol. The number of hydrogen-bond donors (Lipinski definition) is 1. The van der Waals surface area contributed by atoms with Crippen molar-refractivity contribution in [2.24, 2.45) is 12.8 Å². The SMILES string of the molecule is Cn1cc(C(N)C(=O)c2cccnc2)cn1. The quantitative estimate of drug-likeness (QED) is 0.766. The molecular formula is C11H12N4O. The van der Waals surface area contributed by atoms with Crippen LogP contribution in [-0.2, 0) is 7.05 Å². The zero-order valence-corrected chi connectivity index (χ0v) is 8.87. The molecule has 0 saturated heterocycles. The van der Waals surface area contributed by atoms with Gasteiger partial charge < -0.3 is 5.73 Å². The zero-order chi connectivity index (χ0) is 11.5. The van der Waals surface area contributed by atoms with Crippen molar-refractivity contribution in [2.45, 2.75) is 6.04 Å². The molecule has 0 aliphatic carbocycles. The molecule has 1 atom stereocenters. The summed E-state index contributed by atoms with van der Waals surface area (Å²) in [7, 11) is 1.78. The Labute approximate surface area is 92.9 Å². The van der Waals surface area contributed by atoms with E-state index in [2.05, 4.69) is 10.1 Å². The van der Waals surface area contributed by atoms with Crippen LogP contribution in [0.5, 0.6) is 0 Å². The molecule has 0 spiro atoms. The van der Waals surface area contributed by atoms with Gasteiger partial charge in [-0.2, -0.15) is 5.10 Å². The minimum atomic E-state index is -0.683.